The summed E-state index contributed by atoms with van der Waals surface area (Å²) >= 11 is 0. The molecule has 20 heavy (non-hydrogen) atoms. The second kappa shape index (κ2) is 6.50. The van der Waals surface area contributed by atoms with Crippen LogP contribution in [0.1, 0.15) is 16.8 Å². The van der Waals surface area contributed by atoms with Gasteiger partial charge in [-0.05, 0) is 18.2 Å². The van der Waals surface area contributed by atoms with E-state index in [2.05, 4.69) is 10.1 Å². The van der Waals surface area contributed by atoms with Gasteiger partial charge in [0.25, 0.3) is 5.91 Å². The van der Waals surface area contributed by atoms with E-state index < -0.39 is 36.1 Å². The third-order valence-corrected chi connectivity index (χ3v) is 2.46. The first-order valence-corrected chi connectivity index (χ1v) is 5.50. The van der Waals surface area contributed by atoms with Gasteiger partial charge in [-0.3, -0.25) is 9.59 Å². The van der Waals surface area contributed by atoms with Gasteiger partial charge in [-0.1, -0.05) is 0 Å². The van der Waals surface area contributed by atoms with E-state index in [0.29, 0.717) is 0 Å². The van der Waals surface area contributed by atoms with Crippen LogP contribution in [0.25, 0.3) is 0 Å². The molecule has 0 spiro atoms. The van der Waals surface area contributed by atoms with Crippen molar-refractivity contribution in [3.05, 3.63) is 29.6 Å². The van der Waals surface area contributed by atoms with Crippen molar-refractivity contribution in [1.82, 2.24) is 5.32 Å². The minimum Gasteiger partial charge on any atom is -0.480 e. The van der Waals surface area contributed by atoms with Crippen LogP contribution in [0.3, 0.4) is 0 Å². The summed E-state index contributed by atoms with van der Waals surface area (Å²) in [6.07, 6.45) is -0.549. The quantitative estimate of drug-likeness (QED) is 0.523. The number of benzene rings is 1. The van der Waals surface area contributed by atoms with Crippen LogP contribution in [0.15, 0.2) is 18.2 Å². The monoisotopic (exact) mass is 284 g/mol. The number of ether oxygens (including phenoxy) is 1. The average Bonchev–Trinajstić information content (AvgIpc) is 2.40. The topological polar surface area (TPSA) is 119 Å². The number of anilines is 1. The SMILES string of the molecule is COC(=O)C[C@H](NC(=O)c1cc(F)ccc1N)C(=O)O. The Hall–Kier alpha value is -2.64. The molecule has 7 nitrogen and oxygen atoms in total. The molecule has 1 rings (SSSR count). The maximum absolute atomic E-state index is 13.0. The number of rotatable bonds is 5. The first kappa shape index (κ1) is 15.4. The van der Waals surface area contributed by atoms with E-state index in [1.807, 2.05) is 0 Å². The van der Waals surface area contributed by atoms with Crippen LogP contribution >= 0.6 is 0 Å². The van der Waals surface area contributed by atoms with Gasteiger partial charge in [0.15, 0.2) is 0 Å². The van der Waals surface area contributed by atoms with Crippen LogP contribution in [0.2, 0.25) is 0 Å². The van der Waals surface area contributed by atoms with E-state index >= 15 is 0 Å². The number of methoxy groups -OCH3 is 1. The Kier molecular flexibility index (Phi) is 5.01. The number of carbonyl (C=O) groups is 3. The van der Waals surface area contributed by atoms with Gasteiger partial charge in [0.05, 0.1) is 19.1 Å². The molecule has 0 radical (unpaired) electrons. The summed E-state index contributed by atoms with van der Waals surface area (Å²) in [6, 6.07) is 1.63. The lowest BCUT2D eigenvalue weighted by molar-refractivity contribution is -0.147. The molecule has 0 aliphatic heterocycles. The maximum Gasteiger partial charge on any atom is 0.326 e. The number of halogens is 1. The summed E-state index contributed by atoms with van der Waals surface area (Å²) in [5.74, 6) is -3.80. The van der Waals surface area contributed by atoms with Crippen LogP contribution in [-0.2, 0) is 14.3 Å². The molecule has 0 saturated heterocycles. The van der Waals surface area contributed by atoms with Crippen molar-refractivity contribution in [3.63, 3.8) is 0 Å². The van der Waals surface area contributed by atoms with Crippen LogP contribution in [0, 0.1) is 5.82 Å². The standard InChI is InChI=1S/C12H13FN2O5/c1-20-10(16)5-9(12(18)19)15-11(17)7-4-6(13)2-3-8(7)14/h2-4,9H,5,14H2,1H3,(H,15,17)(H,18,19)/t9-/m0/s1. The Bertz CT molecular complexity index is 547. The van der Waals surface area contributed by atoms with Gasteiger partial charge in [0.2, 0.25) is 0 Å². The largest absolute Gasteiger partial charge is 0.480 e. The Morgan fingerprint density at radius 2 is 2.10 bits per heavy atom. The molecule has 0 saturated carbocycles. The second-order valence-corrected chi connectivity index (χ2v) is 3.88. The fourth-order valence-electron chi connectivity index (χ4n) is 1.41. The first-order chi connectivity index (χ1) is 9.35. The van der Waals surface area contributed by atoms with Crippen molar-refractivity contribution < 1.29 is 28.6 Å². The molecular weight excluding hydrogens is 271 g/mol. The lowest BCUT2D eigenvalue weighted by atomic mass is 10.1. The average molecular weight is 284 g/mol. The Balaban J connectivity index is 2.88. The molecule has 0 fully saturated rings. The summed E-state index contributed by atoms with van der Waals surface area (Å²) in [5.41, 5.74) is 5.29. The minimum atomic E-state index is -1.49. The maximum atomic E-state index is 13.0. The number of amides is 1. The number of aliphatic carboxylic acids is 1. The lowest BCUT2D eigenvalue weighted by Crippen LogP contribution is -2.42. The summed E-state index contributed by atoms with van der Waals surface area (Å²) in [6.45, 7) is 0. The predicted molar refractivity (Wildman–Crippen MR) is 66.3 cm³/mol. The minimum absolute atomic E-state index is 0.00823. The molecule has 108 valence electrons. The fraction of sp³-hybridized carbons (Fsp3) is 0.250. The van der Waals surface area contributed by atoms with E-state index in [1.165, 1.54) is 6.07 Å². The number of carboxylic acids is 1. The van der Waals surface area contributed by atoms with Crippen molar-refractivity contribution in [1.29, 1.82) is 0 Å². The van der Waals surface area contributed by atoms with Gasteiger partial charge in [-0.15, -0.1) is 0 Å². The number of nitrogens with two attached hydrogens (primary N) is 1. The normalized spacial score (nSPS) is 11.5. The number of esters is 1. The number of nitrogens with one attached hydrogen (secondary N) is 1. The van der Waals surface area contributed by atoms with Gasteiger partial charge >= 0.3 is 11.9 Å². The molecule has 8 heteroatoms. The van der Waals surface area contributed by atoms with Gasteiger partial charge in [-0.25, -0.2) is 9.18 Å². The molecule has 0 heterocycles. The van der Waals surface area contributed by atoms with Crippen LogP contribution < -0.4 is 11.1 Å². The zero-order chi connectivity index (χ0) is 15.3. The van der Waals surface area contributed by atoms with Gasteiger partial charge in [0.1, 0.15) is 11.9 Å². The fourth-order valence-corrected chi connectivity index (χ4v) is 1.41. The van der Waals surface area contributed by atoms with E-state index in [0.717, 1.165) is 19.2 Å². The number of carbonyl (C=O) groups excluding carboxylic acids is 2. The first-order valence-electron chi connectivity index (χ1n) is 5.50. The molecular formula is C12H13FN2O5. The zero-order valence-corrected chi connectivity index (χ0v) is 10.6. The molecule has 1 atom stereocenters. The van der Waals surface area contributed by atoms with E-state index in [-0.39, 0.29) is 11.3 Å². The number of hydrogen-bond donors (Lipinski definition) is 3. The van der Waals surface area contributed by atoms with Gasteiger partial charge < -0.3 is 20.9 Å². The van der Waals surface area contributed by atoms with Crippen LogP contribution in [-0.4, -0.2) is 36.1 Å². The molecule has 0 aliphatic rings. The molecule has 0 bridgehead atoms. The summed E-state index contributed by atoms with van der Waals surface area (Å²) in [4.78, 5) is 33.8. The highest BCUT2D eigenvalue weighted by Gasteiger charge is 2.25. The molecule has 0 aliphatic carbocycles. The Morgan fingerprint density at radius 1 is 1.45 bits per heavy atom. The molecule has 1 aromatic carbocycles. The molecule has 1 aromatic rings. The van der Waals surface area contributed by atoms with Crippen molar-refractivity contribution >= 4 is 23.5 Å². The Morgan fingerprint density at radius 3 is 2.65 bits per heavy atom. The third-order valence-electron chi connectivity index (χ3n) is 2.46. The summed E-state index contributed by atoms with van der Waals surface area (Å²) in [7, 11) is 1.09. The summed E-state index contributed by atoms with van der Waals surface area (Å²) in [5, 5.41) is 11.0. The van der Waals surface area contributed by atoms with Crippen LogP contribution in [0.4, 0.5) is 10.1 Å². The van der Waals surface area contributed by atoms with Crippen molar-refractivity contribution in [2.75, 3.05) is 12.8 Å². The predicted octanol–water partition coefficient (Wildman–Crippen LogP) is 0.154. The van der Waals surface area contributed by atoms with Crippen molar-refractivity contribution in [2.45, 2.75) is 12.5 Å². The summed E-state index contributed by atoms with van der Waals surface area (Å²) < 4.78 is 17.4. The highest BCUT2D eigenvalue weighted by atomic mass is 19.1. The number of nitrogen functional groups attached to an aromatic ring is 1. The molecule has 0 unspecified atom stereocenters. The van der Waals surface area contributed by atoms with E-state index in [9.17, 15) is 18.8 Å². The van der Waals surface area contributed by atoms with Gasteiger partial charge in [-0.2, -0.15) is 0 Å². The molecule has 1 amide bonds. The highest BCUT2D eigenvalue weighted by molar-refractivity contribution is 6.01. The number of carboxylic acid groups (broad SMARTS) is 1. The van der Waals surface area contributed by atoms with Gasteiger partial charge in [0, 0.05) is 5.69 Å². The smallest absolute Gasteiger partial charge is 0.326 e. The van der Waals surface area contributed by atoms with Crippen molar-refractivity contribution in [3.8, 4) is 0 Å². The van der Waals surface area contributed by atoms with E-state index in [1.54, 1.807) is 0 Å². The van der Waals surface area contributed by atoms with Crippen molar-refractivity contribution in [2.24, 2.45) is 0 Å². The molecule has 0 aromatic heterocycles. The second-order valence-electron chi connectivity index (χ2n) is 3.88. The Labute approximate surface area is 113 Å². The van der Waals surface area contributed by atoms with E-state index in [4.69, 9.17) is 10.8 Å². The third kappa shape index (κ3) is 3.94. The number of hydrogen-bond acceptors (Lipinski definition) is 5. The molecule has 4 N–H and O–H groups in total. The lowest BCUT2D eigenvalue weighted by Gasteiger charge is -2.14. The van der Waals surface area contributed by atoms with Crippen LogP contribution in [0.5, 0.6) is 0 Å². The highest BCUT2D eigenvalue weighted by Crippen LogP contribution is 2.13. The zero-order valence-electron chi connectivity index (χ0n) is 10.6.